The highest BCUT2D eigenvalue weighted by Gasteiger charge is 2.24. The molecule has 0 aliphatic heterocycles. The van der Waals surface area contributed by atoms with E-state index in [0.29, 0.717) is 5.69 Å². The minimum Gasteiger partial charge on any atom is -0.382 e. The van der Waals surface area contributed by atoms with Gasteiger partial charge in [-0.3, -0.25) is 0 Å². The lowest BCUT2D eigenvalue weighted by Crippen LogP contribution is -2.24. The standard InChI is InChI=1S/C21H25FN2/c22-19-11-10-18(12-20(19)23-13-15-6-7-15)21(24-14-16-8-9-16)17-4-2-1-3-5-17/h1-5,10-12,15-16,21,23-24H,6-9,13-14H2/t21-/m1/s1. The third-order valence-electron chi connectivity index (χ3n) is 5.04. The van der Waals surface area contributed by atoms with Crippen molar-refractivity contribution in [3.05, 3.63) is 65.5 Å². The molecule has 0 spiro atoms. The summed E-state index contributed by atoms with van der Waals surface area (Å²) in [5.41, 5.74) is 2.99. The Hall–Kier alpha value is -1.87. The summed E-state index contributed by atoms with van der Waals surface area (Å²) in [6.07, 6.45) is 5.19. The van der Waals surface area contributed by atoms with Crippen LogP contribution in [0.2, 0.25) is 0 Å². The summed E-state index contributed by atoms with van der Waals surface area (Å²) in [5.74, 6) is 1.38. The Morgan fingerprint density at radius 2 is 1.58 bits per heavy atom. The van der Waals surface area contributed by atoms with Gasteiger partial charge in [-0.25, -0.2) is 4.39 Å². The minimum absolute atomic E-state index is 0.119. The maximum Gasteiger partial charge on any atom is 0.146 e. The highest BCUT2D eigenvalue weighted by atomic mass is 19.1. The average Bonchev–Trinajstić information content (AvgIpc) is 3.51. The van der Waals surface area contributed by atoms with Crippen LogP contribution in [0.4, 0.5) is 10.1 Å². The molecule has 0 amide bonds. The largest absolute Gasteiger partial charge is 0.382 e. The molecule has 2 nitrogen and oxygen atoms in total. The van der Waals surface area contributed by atoms with Crippen molar-refractivity contribution in [1.29, 1.82) is 0 Å². The Morgan fingerprint density at radius 1 is 0.875 bits per heavy atom. The molecule has 2 saturated carbocycles. The van der Waals surface area contributed by atoms with Crippen LogP contribution in [0.15, 0.2) is 48.5 Å². The van der Waals surface area contributed by atoms with Crippen LogP contribution < -0.4 is 10.6 Å². The van der Waals surface area contributed by atoms with E-state index >= 15 is 0 Å². The first-order valence-electron chi connectivity index (χ1n) is 9.11. The molecular formula is C21H25FN2. The number of hydrogen-bond acceptors (Lipinski definition) is 2. The molecule has 2 fully saturated rings. The van der Waals surface area contributed by atoms with Crippen LogP contribution in [0, 0.1) is 17.7 Å². The molecule has 2 aliphatic rings. The molecule has 4 rings (SSSR count). The number of halogens is 1. The van der Waals surface area contributed by atoms with E-state index in [-0.39, 0.29) is 11.9 Å². The van der Waals surface area contributed by atoms with Crippen molar-refractivity contribution in [3.8, 4) is 0 Å². The zero-order valence-electron chi connectivity index (χ0n) is 14.0. The van der Waals surface area contributed by atoms with Gasteiger partial charge in [0.05, 0.1) is 11.7 Å². The molecular weight excluding hydrogens is 299 g/mol. The van der Waals surface area contributed by atoms with Gasteiger partial charge < -0.3 is 10.6 Å². The van der Waals surface area contributed by atoms with E-state index in [2.05, 4.69) is 34.9 Å². The molecule has 2 aromatic rings. The predicted octanol–water partition coefficient (Wildman–Crippen LogP) is 4.74. The first kappa shape index (κ1) is 15.6. The maximum atomic E-state index is 14.1. The molecule has 2 aliphatic carbocycles. The second-order valence-electron chi connectivity index (χ2n) is 7.26. The fraction of sp³-hybridized carbons (Fsp3) is 0.429. The lowest BCUT2D eigenvalue weighted by molar-refractivity contribution is 0.571. The zero-order valence-corrected chi connectivity index (χ0v) is 14.0. The number of anilines is 1. The van der Waals surface area contributed by atoms with Crippen molar-refractivity contribution in [1.82, 2.24) is 5.32 Å². The molecule has 2 N–H and O–H groups in total. The van der Waals surface area contributed by atoms with Crippen molar-refractivity contribution in [3.63, 3.8) is 0 Å². The Morgan fingerprint density at radius 3 is 2.29 bits per heavy atom. The van der Waals surface area contributed by atoms with Crippen molar-refractivity contribution >= 4 is 5.69 Å². The van der Waals surface area contributed by atoms with E-state index in [1.54, 1.807) is 6.07 Å². The molecule has 126 valence electrons. The smallest absolute Gasteiger partial charge is 0.146 e. The summed E-state index contributed by atoms with van der Waals surface area (Å²) in [4.78, 5) is 0. The lowest BCUT2D eigenvalue weighted by Gasteiger charge is -2.21. The topological polar surface area (TPSA) is 24.1 Å². The maximum absolute atomic E-state index is 14.1. The first-order valence-corrected chi connectivity index (χ1v) is 9.11. The Balaban J connectivity index is 1.56. The summed E-state index contributed by atoms with van der Waals surface area (Å²) < 4.78 is 14.1. The van der Waals surface area contributed by atoms with Gasteiger partial charge in [-0.05, 0) is 67.3 Å². The van der Waals surface area contributed by atoms with Gasteiger partial charge in [-0.15, -0.1) is 0 Å². The van der Waals surface area contributed by atoms with E-state index in [1.807, 2.05) is 18.2 Å². The van der Waals surface area contributed by atoms with Crippen LogP contribution >= 0.6 is 0 Å². The third-order valence-corrected chi connectivity index (χ3v) is 5.04. The second-order valence-corrected chi connectivity index (χ2v) is 7.26. The van der Waals surface area contributed by atoms with Gasteiger partial charge in [0.2, 0.25) is 0 Å². The minimum atomic E-state index is -0.159. The van der Waals surface area contributed by atoms with Gasteiger partial charge >= 0.3 is 0 Å². The normalized spacial score (nSPS) is 18.4. The molecule has 0 unspecified atom stereocenters. The molecule has 0 radical (unpaired) electrons. The van der Waals surface area contributed by atoms with Crippen molar-refractivity contribution in [2.75, 3.05) is 18.4 Å². The molecule has 1 atom stereocenters. The predicted molar refractivity (Wildman–Crippen MR) is 96.6 cm³/mol. The molecule has 24 heavy (non-hydrogen) atoms. The van der Waals surface area contributed by atoms with E-state index in [9.17, 15) is 4.39 Å². The number of rotatable bonds is 8. The van der Waals surface area contributed by atoms with Crippen LogP contribution in [-0.4, -0.2) is 13.1 Å². The SMILES string of the molecule is Fc1ccc([C@H](NCC2CC2)c2ccccc2)cc1NCC1CC1. The molecule has 0 aromatic heterocycles. The zero-order chi connectivity index (χ0) is 16.4. The van der Waals surface area contributed by atoms with Crippen LogP contribution in [-0.2, 0) is 0 Å². The highest BCUT2D eigenvalue weighted by molar-refractivity contribution is 5.49. The third kappa shape index (κ3) is 3.96. The van der Waals surface area contributed by atoms with E-state index in [4.69, 9.17) is 0 Å². The summed E-state index contributed by atoms with van der Waals surface area (Å²) in [6, 6.07) is 16.1. The van der Waals surface area contributed by atoms with Crippen molar-refractivity contribution in [2.24, 2.45) is 11.8 Å². The molecule has 2 aromatic carbocycles. The fourth-order valence-corrected chi connectivity index (χ4v) is 3.11. The van der Waals surface area contributed by atoms with Crippen molar-refractivity contribution < 1.29 is 4.39 Å². The van der Waals surface area contributed by atoms with Crippen LogP contribution in [0.3, 0.4) is 0 Å². The summed E-state index contributed by atoms with van der Waals surface area (Å²) in [7, 11) is 0. The first-order chi connectivity index (χ1) is 11.8. The summed E-state index contributed by atoms with van der Waals surface area (Å²) >= 11 is 0. The van der Waals surface area contributed by atoms with E-state index < -0.39 is 0 Å². The van der Waals surface area contributed by atoms with Gasteiger partial charge in [-0.2, -0.15) is 0 Å². The van der Waals surface area contributed by atoms with Crippen LogP contribution in [0.25, 0.3) is 0 Å². The molecule has 0 heterocycles. The quantitative estimate of drug-likeness (QED) is 0.733. The Labute approximate surface area is 143 Å². The van der Waals surface area contributed by atoms with E-state index in [0.717, 1.165) is 30.5 Å². The van der Waals surface area contributed by atoms with E-state index in [1.165, 1.54) is 31.2 Å². The average molecular weight is 324 g/mol. The fourth-order valence-electron chi connectivity index (χ4n) is 3.11. The van der Waals surface area contributed by atoms with Gasteiger partial charge in [0.25, 0.3) is 0 Å². The molecule has 0 saturated heterocycles. The van der Waals surface area contributed by atoms with Crippen LogP contribution in [0.5, 0.6) is 0 Å². The van der Waals surface area contributed by atoms with Crippen molar-refractivity contribution in [2.45, 2.75) is 31.7 Å². The summed E-state index contributed by atoms with van der Waals surface area (Å²) in [6.45, 7) is 1.91. The van der Waals surface area contributed by atoms with Gasteiger partial charge in [-0.1, -0.05) is 36.4 Å². The Kier molecular flexibility index (Phi) is 4.52. The van der Waals surface area contributed by atoms with Gasteiger partial charge in [0.1, 0.15) is 5.82 Å². The Bertz CT molecular complexity index is 677. The van der Waals surface area contributed by atoms with Gasteiger partial charge in [0.15, 0.2) is 0 Å². The number of nitrogens with one attached hydrogen (secondary N) is 2. The lowest BCUT2D eigenvalue weighted by atomic mass is 9.98. The van der Waals surface area contributed by atoms with Gasteiger partial charge in [0, 0.05) is 6.54 Å². The number of benzene rings is 2. The van der Waals surface area contributed by atoms with Crippen LogP contribution in [0.1, 0.15) is 42.9 Å². The second kappa shape index (κ2) is 6.94. The highest BCUT2D eigenvalue weighted by Crippen LogP contribution is 2.32. The molecule has 0 bridgehead atoms. The number of hydrogen-bond donors (Lipinski definition) is 2. The monoisotopic (exact) mass is 324 g/mol. The molecule has 3 heteroatoms. The summed E-state index contributed by atoms with van der Waals surface area (Å²) in [5, 5.41) is 6.98.